The number of aryl methyl sites for hydroxylation is 2. The molecule has 0 radical (unpaired) electrons. The molecule has 1 aliphatic heterocycles. The quantitative estimate of drug-likeness (QED) is 0.806. The number of amides is 1. The minimum absolute atomic E-state index is 0.0268. The second-order valence-corrected chi connectivity index (χ2v) is 6.81. The minimum Gasteiger partial charge on any atom is -0.493 e. The summed E-state index contributed by atoms with van der Waals surface area (Å²) in [5.74, 6) is 1.43. The van der Waals surface area contributed by atoms with Crippen LogP contribution >= 0.6 is 0 Å². The third-order valence-corrected chi connectivity index (χ3v) is 5.05. The van der Waals surface area contributed by atoms with E-state index >= 15 is 0 Å². The summed E-state index contributed by atoms with van der Waals surface area (Å²) in [6.07, 6.45) is 1.77. The van der Waals surface area contributed by atoms with Crippen molar-refractivity contribution in [2.75, 3.05) is 34.4 Å². The van der Waals surface area contributed by atoms with Crippen molar-refractivity contribution in [1.82, 2.24) is 14.7 Å². The lowest BCUT2D eigenvalue weighted by molar-refractivity contribution is 0.0688. The molecule has 0 aliphatic carbocycles. The van der Waals surface area contributed by atoms with E-state index in [0.29, 0.717) is 41.9 Å². The first-order valence-electron chi connectivity index (χ1n) is 9.10. The van der Waals surface area contributed by atoms with Crippen LogP contribution in [-0.2, 0) is 0 Å². The number of hydrogen-bond donors (Lipinski definition) is 0. The summed E-state index contributed by atoms with van der Waals surface area (Å²) in [5, 5.41) is 4.59. The third-order valence-electron chi connectivity index (χ3n) is 5.05. The van der Waals surface area contributed by atoms with E-state index in [-0.39, 0.29) is 5.91 Å². The maximum Gasteiger partial charge on any atom is 0.254 e. The van der Waals surface area contributed by atoms with Gasteiger partial charge in [-0.2, -0.15) is 5.10 Å². The van der Waals surface area contributed by atoms with Gasteiger partial charge >= 0.3 is 0 Å². The number of aromatic nitrogens is 2. The molecule has 1 aromatic heterocycles. The summed E-state index contributed by atoms with van der Waals surface area (Å²) < 4.78 is 18.1. The van der Waals surface area contributed by atoms with E-state index in [1.54, 1.807) is 33.5 Å². The number of ether oxygens (including phenoxy) is 3. The van der Waals surface area contributed by atoms with Crippen LogP contribution in [0.2, 0.25) is 0 Å². The molecular weight excluding hydrogens is 346 g/mol. The number of benzene rings is 1. The lowest BCUT2D eigenvalue weighted by Crippen LogP contribution is -2.39. The molecule has 0 N–H and O–H groups in total. The van der Waals surface area contributed by atoms with Crippen LogP contribution in [0.3, 0.4) is 0 Å². The number of hydrogen-bond acceptors (Lipinski definition) is 5. The number of likely N-dealkylation sites (tertiary alicyclic amines) is 1. The molecule has 3 rings (SSSR count). The molecule has 0 saturated carbocycles. The normalized spacial score (nSPS) is 14.9. The summed E-state index contributed by atoms with van der Waals surface area (Å²) in [6.45, 7) is 5.47. The van der Waals surface area contributed by atoms with Gasteiger partial charge in [-0.1, -0.05) is 0 Å². The Labute approximate surface area is 159 Å². The lowest BCUT2D eigenvalue weighted by Gasteiger charge is -2.33. The lowest BCUT2D eigenvalue weighted by atomic mass is 10.0. The SMILES string of the molecule is COc1cc(C(=O)N2CCC(n3nc(C)cc3C)CC2)cc(OC)c1OC. The molecule has 27 heavy (non-hydrogen) atoms. The molecule has 0 atom stereocenters. The molecule has 7 nitrogen and oxygen atoms in total. The highest BCUT2D eigenvalue weighted by molar-refractivity contribution is 5.95. The molecule has 0 bridgehead atoms. The number of nitrogens with zero attached hydrogens (tertiary/aromatic N) is 3. The van der Waals surface area contributed by atoms with Crippen LogP contribution in [-0.4, -0.2) is 55.0 Å². The number of carbonyl (C=O) groups is 1. The zero-order chi connectivity index (χ0) is 19.6. The van der Waals surface area contributed by atoms with E-state index in [1.165, 1.54) is 5.69 Å². The average molecular weight is 373 g/mol. The Hall–Kier alpha value is -2.70. The zero-order valence-corrected chi connectivity index (χ0v) is 16.6. The van der Waals surface area contributed by atoms with Gasteiger partial charge in [0.2, 0.25) is 5.75 Å². The van der Waals surface area contributed by atoms with Crippen molar-refractivity contribution < 1.29 is 19.0 Å². The van der Waals surface area contributed by atoms with E-state index in [2.05, 4.69) is 22.8 Å². The van der Waals surface area contributed by atoms with Crippen molar-refractivity contribution in [2.24, 2.45) is 0 Å². The molecule has 1 aliphatic rings. The van der Waals surface area contributed by atoms with Gasteiger partial charge in [0, 0.05) is 24.3 Å². The second-order valence-electron chi connectivity index (χ2n) is 6.81. The van der Waals surface area contributed by atoms with E-state index in [4.69, 9.17) is 14.2 Å². The van der Waals surface area contributed by atoms with Crippen molar-refractivity contribution in [3.63, 3.8) is 0 Å². The fourth-order valence-corrected chi connectivity index (χ4v) is 3.72. The maximum absolute atomic E-state index is 13.0. The van der Waals surface area contributed by atoms with Crippen molar-refractivity contribution >= 4 is 5.91 Å². The summed E-state index contributed by atoms with van der Waals surface area (Å²) in [4.78, 5) is 14.9. The number of carbonyl (C=O) groups excluding carboxylic acids is 1. The van der Waals surface area contributed by atoms with E-state index in [9.17, 15) is 4.79 Å². The first-order valence-corrected chi connectivity index (χ1v) is 9.10. The topological polar surface area (TPSA) is 65.8 Å². The fourth-order valence-electron chi connectivity index (χ4n) is 3.72. The first-order chi connectivity index (χ1) is 13.0. The monoisotopic (exact) mass is 373 g/mol. The Morgan fingerprint density at radius 1 is 1.00 bits per heavy atom. The van der Waals surface area contributed by atoms with Crippen molar-refractivity contribution in [3.05, 3.63) is 35.2 Å². The van der Waals surface area contributed by atoms with Gasteiger partial charge in [0.15, 0.2) is 11.5 Å². The molecule has 2 aromatic rings. The van der Waals surface area contributed by atoms with Crippen LogP contribution in [0.15, 0.2) is 18.2 Å². The molecule has 1 fully saturated rings. The van der Waals surface area contributed by atoms with Crippen molar-refractivity contribution in [2.45, 2.75) is 32.7 Å². The van der Waals surface area contributed by atoms with Gasteiger partial charge in [-0.25, -0.2) is 0 Å². The van der Waals surface area contributed by atoms with Gasteiger partial charge in [0.25, 0.3) is 5.91 Å². The molecule has 7 heteroatoms. The van der Waals surface area contributed by atoms with Crippen LogP contribution in [0.25, 0.3) is 0 Å². The summed E-state index contributed by atoms with van der Waals surface area (Å²) in [5.41, 5.74) is 2.74. The Morgan fingerprint density at radius 2 is 1.59 bits per heavy atom. The highest BCUT2D eigenvalue weighted by atomic mass is 16.5. The van der Waals surface area contributed by atoms with Crippen LogP contribution in [0, 0.1) is 13.8 Å². The highest BCUT2D eigenvalue weighted by Crippen LogP contribution is 2.38. The fraction of sp³-hybridized carbons (Fsp3) is 0.500. The molecule has 1 saturated heterocycles. The van der Waals surface area contributed by atoms with Crippen LogP contribution in [0.4, 0.5) is 0 Å². The summed E-state index contributed by atoms with van der Waals surface area (Å²) >= 11 is 0. The zero-order valence-electron chi connectivity index (χ0n) is 16.6. The van der Waals surface area contributed by atoms with Gasteiger partial charge in [0.1, 0.15) is 0 Å². The largest absolute Gasteiger partial charge is 0.493 e. The minimum atomic E-state index is -0.0268. The van der Waals surface area contributed by atoms with Gasteiger partial charge < -0.3 is 19.1 Å². The van der Waals surface area contributed by atoms with Crippen LogP contribution in [0.5, 0.6) is 17.2 Å². The molecule has 146 valence electrons. The van der Waals surface area contributed by atoms with Gasteiger partial charge in [-0.05, 0) is 44.9 Å². The van der Waals surface area contributed by atoms with Gasteiger partial charge in [-0.15, -0.1) is 0 Å². The molecular formula is C20H27N3O4. The molecule has 1 amide bonds. The van der Waals surface area contributed by atoms with Crippen molar-refractivity contribution in [3.8, 4) is 17.2 Å². The summed E-state index contributed by atoms with van der Waals surface area (Å²) in [6, 6.07) is 5.84. The smallest absolute Gasteiger partial charge is 0.254 e. The van der Waals surface area contributed by atoms with Gasteiger partial charge in [0.05, 0.1) is 33.1 Å². The Bertz CT molecular complexity index is 798. The van der Waals surface area contributed by atoms with E-state index < -0.39 is 0 Å². The number of rotatable bonds is 5. The highest BCUT2D eigenvalue weighted by Gasteiger charge is 2.27. The Kier molecular flexibility index (Phi) is 5.58. The second kappa shape index (κ2) is 7.90. The van der Waals surface area contributed by atoms with Crippen LogP contribution < -0.4 is 14.2 Å². The van der Waals surface area contributed by atoms with Gasteiger partial charge in [-0.3, -0.25) is 9.48 Å². The first kappa shape index (κ1) is 19.1. The molecule has 2 heterocycles. The molecule has 0 unspecified atom stereocenters. The molecule has 0 spiro atoms. The predicted molar refractivity (Wildman–Crippen MR) is 102 cm³/mol. The molecule has 1 aromatic carbocycles. The van der Waals surface area contributed by atoms with E-state index in [1.807, 2.05) is 11.8 Å². The van der Waals surface area contributed by atoms with E-state index in [0.717, 1.165) is 18.5 Å². The number of piperidine rings is 1. The standard InChI is InChI=1S/C20H27N3O4/c1-13-10-14(2)23(21-13)16-6-8-22(9-7-16)20(24)15-11-17(25-3)19(27-5)18(12-15)26-4/h10-12,16H,6-9H2,1-5H3. The predicted octanol–water partition coefficient (Wildman–Crippen LogP) is 3.00. The maximum atomic E-state index is 13.0. The van der Waals surface area contributed by atoms with Crippen molar-refractivity contribution in [1.29, 1.82) is 0 Å². The Balaban J connectivity index is 1.75. The third kappa shape index (κ3) is 3.72. The summed E-state index contributed by atoms with van der Waals surface area (Å²) in [7, 11) is 4.64. The average Bonchev–Trinajstić information content (AvgIpc) is 3.04. The Morgan fingerprint density at radius 3 is 2.04 bits per heavy atom. The number of methoxy groups -OCH3 is 3. The van der Waals surface area contributed by atoms with Crippen LogP contribution in [0.1, 0.15) is 40.6 Å².